The highest BCUT2D eigenvalue weighted by Crippen LogP contribution is 2.37. The van der Waals surface area contributed by atoms with Crippen molar-refractivity contribution in [2.24, 2.45) is 0 Å². The van der Waals surface area contributed by atoms with Crippen LogP contribution in [0.15, 0.2) is 146 Å². The Hall–Kier alpha value is -5.34. The predicted molar refractivity (Wildman–Crippen MR) is 190 cm³/mol. The smallest absolute Gasteiger partial charge is 0.0466 e. The fourth-order valence-electron chi connectivity index (χ4n) is 5.60. The molecule has 0 saturated carbocycles. The molecule has 0 spiro atoms. The molecule has 0 atom stereocenters. The molecule has 0 aromatic heterocycles. The van der Waals surface area contributed by atoms with Gasteiger partial charge in [-0.1, -0.05) is 96.1 Å². The van der Waals surface area contributed by atoms with E-state index in [2.05, 4.69) is 195 Å². The largest absolute Gasteiger partial charge is 0.311 e. The van der Waals surface area contributed by atoms with Gasteiger partial charge in [0.15, 0.2) is 0 Å². The van der Waals surface area contributed by atoms with Crippen LogP contribution < -0.4 is 9.80 Å². The molecule has 0 saturated heterocycles. The Morgan fingerprint density at radius 1 is 0.318 bits per heavy atom. The van der Waals surface area contributed by atoms with Crippen molar-refractivity contribution >= 4 is 46.3 Å². The Kier molecular flexibility index (Phi) is 8.43. The van der Waals surface area contributed by atoms with Gasteiger partial charge in [-0.3, -0.25) is 0 Å². The van der Waals surface area contributed by atoms with Crippen LogP contribution in [0.2, 0.25) is 0 Å². The highest BCUT2D eigenvalue weighted by molar-refractivity contribution is 5.80. The average Bonchev–Trinajstić information content (AvgIpc) is 3.03. The zero-order valence-corrected chi connectivity index (χ0v) is 25.9. The Bertz CT molecular complexity index is 1780. The van der Waals surface area contributed by atoms with Crippen LogP contribution in [-0.2, 0) is 0 Å². The number of benzene rings is 6. The van der Waals surface area contributed by atoms with Gasteiger partial charge in [0.25, 0.3) is 0 Å². The number of hydrogen-bond acceptors (Lipinski definition) is 2. The van der Waals surface area contributed by atoms with Gasteiger partial charge in [-0.05, 0) is 123 Å². The Morgan fingerprint density at radius 2 is 0.659 bits per heavy atom. The molecule has 6 rings (SSSR count). The fourth-order valence-corrected chi connectivity index (χ4v) is 5.60. The van der Waals surface area contributed by atoms with E-state index in [4.69, 9.17) is 0 Å². The number of anilines is 6. The standard InChI is InChI=1S/C42H38N2/c1-31-10-20-38(21-11-31)43(39-22-12-32(2)13-23-39)40-24-16-35(17-25-40)14-15-36-18-26-41(27-19-36)44(37-8-6-5-7-9-37)42-29-33(3)28-34(4)30-42/h5-30H,1-4H3. The first-order valence-electron chi connectivity index (χ1n) is 15.2. The third-order valence-corrected chi connectivity index (χ3v) is 7.83. The topological polar surface area (TPSA) is 6.48 Å². The second kappa shape index (κ2) is 12.9. The molecule has 0 aliphatic heterocycles. The second-order valence-electron chi connectivity index (χ2n) is 11.5. The molecule has 0 fully saturated rings. The summed E-state index contributed by atoms with van der Waals surface area (Å²) in [6.07, 6.45) is 4.36. The summed E-state index contributed by atoms with van der Waals surface area (Å²) < 4.78 is 0. The van der Waals surface area contributed by atoms with Gasteiger partial charge >= 0.3 is 0 Å². The second-order valence-corrected chi connectivity index (χ2v) is 11.5. The van der Waals surface area contributed by atoms with E-state index in [1.54, 1.807) is 0 Å². The van der Waals surface area contributed by atoms with Gasteiger partial charge in [-0.15, -0.1) is 0 Å². The molecule has 0 radical (unpaired) electrons. The van der Waals surface area contributed by atoms with Crippen LogP contribution in [0, 0.1) is 27.7 Å². The van der Waals surface area contributed by atoms with Crippen molar-refractivity contribution in [3.8, 4) is 0 Å². The van der Waals surface area contributed by atoms with Gasteiger partial charge in [0.2, 0.25) is 0 Å². The summed E-state index contributed by atoms with van der Waals surface area (Å²) in [7, 11) is 0. The molecule has 6 aromatic carbocycles. The molecule has 0 bridgehead atoms. The van der Waals surface area contributed by atoms with Crippen LogP contribution in [-0.4, -0.2) is 0 Å². The molecule has 2 nitrogen and oxygen atoms in total. The van der Waals surface area contributed by atoms with Gasteiger partial charge in [-0.2, -0.15) is 0 Å². The zero-order valence-electron chi connectivity index (χ0n) is 25.9. The predicted octanol–water partition coefficient (Wildman–Crippen LogP) is 12.0. The molecular weight excluding hydrogens is 532 g/mol. The maximum Gasteiger partial charge on any atom is 0.0466 e. The van der Waals surface area contributed by atoms with E-state index in [9.17, 15) is 0 Å². The lowest BCUT2D eigenvalue weighted by atomic mass is 10.1. The molecular formula is C42H38N2. The number of rotatable bonds is 8. The molecule has 0 aliphatic rings. The van der Waals surface area contributed by atoms with Gasteiger partial charge in [0, 0.05) is 34.1 Å². The normalized spacial score (nSPS) is 11.1. The first-order chi connectivity index (χ1) is 21.4. The third kappa shape index (κ3) is 6.66. The molecule has 44 heavy (non-hydrogen) atoms. The van der Waals surface area contributed by atoms with Crippen molar-refractivity contribution < 1.29 is 0 Å². The van der Waals surface area contributed by atoms with E-state index in [1.807, 2.05) is 0 Å². The highest BCUT2D eigenvalue weighted by Gasteiger charge is 2.14. The van der Waals surface area contributed by atoms with E-state index >= 15 is 0 Å². The van der Waals surface area contributed by atoms with Gasteiger partial charge in [-0.25, -0.2) is 0 Å². The molecule has 216 valence electrons. The zero-order chi connectivity index (χ0) is 30.5. The minimum absolute atomic E-state index is 1.13. The SMILES string of the molecule is Cc1ccc(N(c2ccc(C)cc2)c2ccc(C=Cc3ccc(N(c4ccccc4)c4cc(C)cc(C)c4)cc3)cc2)cc1. The van der Waals surface area contributed by atoms with E-state index in [-0.39, 0.29) is 0 Å². The minimum atomic E-state index is 1.13. The van der Waals surface area contributed by atoms with Crippen molar-refractivity contribution in [3.63, 3.8) is 0 Å². The van der Waals surface area contributed by atoms with Crippen LogP contribution in [0.5, 0.6) is 0 Å². The Labute approximate surface area is 262 Å². The summed E-state index contributed by atoms with van der Waals surface area (Å²) in [6, 6.07) is 52.2. The molecule has 0 heterocycles. The summed E-state index contributed by atoms with van der Waals surface area (Å²) in [4.78, 5) is 4.62. The molecule has 0 amide bonds. The van der Waals surface area contributed by atoms with Crippen molar-refractivity contribution in [1.82, 2.24) is 0 Å². The molecule has 6 aromatic rings. The first-order valence-corrected chi connectivity index (χ1v) is 15.2. The van der Waals surface area contributed by atoms with Gasteiger partial charge in [0.1, 0.15) is 0 Å². The summed E-state index contributed by atoms with van der Waals surface area (Å²) in [5.41, 5.74) is 14.2. The molecule has 2 heteroatoms. The van der Waals surface area contributed by atoms with E-state index in [1.165, 1.54) is 27.9 Å². The van der Waals surface area contributed by atoms with Crippen LogP contribution in [0.1, 0.15) is 33.4 Å². The summed E-state index contributed by atoms with van der Waals surface area (Å²) in [5, 5.41) is 0. The highest BCUT2D eigenvalue weighted by atomic mass is 15.1. The Morgan fingerprint density at radius 3 is 1.07 bits per heavy atom. The number of aryl methyl sites for hydroxylation is 4. The average molecular weight is 571 g/mol. The number of hydrogen-bond donors (Lipinski definition) is 0. The maximum absolute atomic E-state index is 2.32. The first kappa shape index (κ1) is 28.8. The van der Waals surface area contributed by atoms with Crippen molar-refractivity contribution in [2.75, 3.05) is 9.80 Å². The minimum Gasteiger partial charge on any atom is -0.311 e. The number of para-hydroxylation sites is 1. The van der Waals surface area contributed by atoms with Crippen LogP contribution in [0.4, 0.5) is 34.1 Å². The monoisotopic (exact) mass is 570 g/mol. The van der Waals surface area contributed by atoms with Crippen molar-refractivity contribution in [1.29, 1.82) is 0 Å². The lowest BCUT2D eigenvalue weighted by Crippen LogP contribution is -2.10. The van der Waals surface area contributed by atoms with E-state index in [0.29, 0.717) is 0 Å². The Balaban J connectivity index is 1.24. The third-order valence-electron chi connectivity index (χ3n) is 7.83. The molecule has 0 unspecified atom stereocenters. The van der Waals surface area contributed by atoms with Gasteiger partial charge < -0.3 is 9.80 Å². The molecule has 0 N–H and O–H groups in total. The lowest BCUT2D eigenvalue weighted by Gasteiger charge is -2.26. The van der Waals surface area contributed by atoms with Crippen molar-refractivity contribution in [2.45, 2.75) is 27.7 Å². The summed E-state index contributed by atoms with van der Waals surface area (Å²) in [5.74, 6) is 0. The van der Waals surface area contributed by atoms with Crippen molar-refractivity contribution in [3.05, 3.63) is 179 Å². The lowest BCUT2D eigenvalue weighted by molar-refractivity contribution is 1.25. The quantitative estimate of drug-likeness (QED) is 0.168. The maximum atomic E-state index is 2.32. The number of nitrogens with zero attached hydrogens (tertiary/aromatic N) is 2. The summed E-state index contributed by atoms with van der Waals surface area (Å²) >= 11 is 0. The van der Waals surface area contributed by atoms with Crippen LogP contribution >= 0.6 is 0 Å². The summed E-state index contributed by atoms with van der Waals surface area (Å²) in [6.45, 7) is 8.56. The van der Waals surface area contributed by atoms with Crippen LogP contribution in [0.3, 0.4) is 0 Å². The van der Waals surface area contributed by atoms with Crippen LogP contribution in [0.25, 0.3) is 12.2 Å². The van der Waals surface area contributed by atoms with E-state index in [0.717, 1.165) is 39.6 Å². The van der Waals surface area contributed by atoms with Gasteiger partial charge in [0.05, 0.1) is 0 Å². The molecule has 0 aliphatic carbocycles. The van der Waals surface area contributed by atoms with E-state index < -0.39 is 0 Å². The fraction of sp³-hybridized carbons (Fsp3) is 0.0952.